The molecule has 0 bridgehead atoms. The fraction of sp³-hybridized carbons (Fsp3) is 0.333. The smallest absolute Gasteiger partial charge is 0.244 e. The molecule has 2 amide bonds. The molecule has 0 saturated carbocycles. The van der Waals surface area contributed by atoms with Gasteiger partial charge in [-0.15, -0.1) is 0 Å². The molecule has 0 aliphatic carbocycles. The lowest BCUT2D eigenvalue weighted by Gasteiger charge is -2.12. The molecule has 0 aliphatic heterocycles. The quantitative estimate of drug-likeness (QED) is 0.507. The molecule has 1 atom stereocenters. The van der Waals surface area contributed by atoms with Crippen molar-refractivity contribution in [2.45, 2.75) is 19.4 Å². The predicted octanol–water partition coefficient (Wildman–Crippen LogP) is 0.703. The van der Waals surface area contributed by atoms with Gasteiger partial charge < -0.3 is 15.7 Å². The van der Waals surface area contributed by atoms with E-state index in [1.54, 1.807) is 13.0 Å². The molecule has 0 fully saturated rings. The molecule has 0 radical (unpaired) electrons. The van der Waals surface area contributed by atoms with Gasteiger partial charge in [-0.3, -0.25) is 9.59 Å². The van der Waals surface area contributed by atoms with Crippen molar-refractivity contribution in [3.8, 4) is 0 Å². The van der Waals surface area contributed by atoms with E-state index in [-0.39, 0.29) is 18.4 Å². The van der Waals surface area contributed by atoms with E-state index >= 15 is 0 Å². The van der Waals surface area contributed by atoms with Crippen LogP contribution < -0.4 is 10.6 Å². The molecule has 1 unspecified atom stereocenters. The van der Waals surface area contributed by atoms with E-state index in [0.717, 1.165) is 5.56 Å². The van der Waals surface area contributed by atoms with E-state index in [9.17, 15) is 9.59 Å². The van der Waals surface area contributed by atoms with Crippen molar-refractivity contribution >= 4 is 17.9 Å². The number of amides is 2. The Morgan fingerprint density at radius 3 is 2.65 bits per heavy atom. The van der Waals surface area contributed by atoms with Gasteiger partial charge in [0.05, 0.1) is 0 Å². The van der Waals surface area contributed by atoms with Crippen molar-refractivity contribution in [3.63, 3.8) is 0 Å². The summed E-state index contributed by atoms with van der Waals surface area (Å²) in [6, 6.07) is 8.82. The molecule has 0 spiro atoms. The normalized spacial score (nSPS) is 12.1. The topological polar surface area (TPSA) is 78.4 Å². The maximum Gasteiger partial charge on any atom is 0.244 e. The van der Waals surface area contributed by atoms with Crippen LogP contribution in [0.1, 0.15) is 18.9 Å². The Kier molecular flexibility index (Phi) is 7.06. The van der Waals surface area contributed by atoms with Gasteiger partial charge >= 0.3 is 0 Å². The summed E-state index contributed by atoms with van der Waals surface area (Å²) in [5, 5.41) is 13.8. The van der Waals surface area contributed by atoms with Crippen LogP contribution in [-0.2, 0) is 9.59 Å². The number of benzene rings is 1. The molecule has 1 aromatic carbocycles. The molecule has 0 aliphatic rings. The van der Waals surface area contributed by atoms with Gasteiger partial charge in [0.2, 0.25) is 11.8 Å². The minimum absolute atomic E-state index is 0.0286. The molecular weight excluding hydrogens is 256 g/mol. The summed E-state index contributed by atoms with van der Waals surface area (Å²) in [6.45, 7) is 2.04. The van der Waals surface area contributed by atoms with Crippen molar-refractivity contribution in [2.24, 2.45) is 0 Å². The van der Waals surface area contributed by atoms with Crippen molar-refractivity contribution in [2.75, 3.05) is 13.2 Å². The zero-order valence-electron chi connectivity index (χ0n) is 11.5. The van der Waals surface area contributed by atoms with Crippen molar-refractivity contribution in [1.29, 1.82) is 0 Å². The molecule has 20 heavy (non-hydrogen) atoms. The predicted molar refractivity (Wildman–Crippen MR) is 77.8 cm³/mol. The molecule has 1 rings (SSSR count). The SMILES string of the molecule is CC(NC(=O)/C=C/c1ccccc1)C(=O)NCCCO. The zero-order valence-corrected chi connectivity index (χ0v) is 11.5. The Labute approximate surface area is 118 Å². The lowest BCUT2D eigenvalue weighted by molar-refractivity contribution is -0.126. The van der Waals surface area contributed by atoms with Crippen LogP contribution in [0.3, 0.4) is 0 Å². The van der Waals surface area contributed by atoms with E-state index in [0.29, 0.717) is 13.0 Å². The van der Waals surface area contributed by atoms with Crippen LogP contribution in [0.5, 0.6) is 0 Å². The van der Waals surface area contributed by atoms with Gasteiger partial charge in [0.15, 0.2) is 0 Å². The van der Waals surface area contributed by atoms with E-state index in [2.05, 4.69) is 10.6 Å². The monoisotopic (exact) mass is 276 g/mol. The number of rotatable bonds is 7. The highest BCUT2D eigenvalue weighted by atomic mass is 16.3. The third kappa shape index (κ3) is 6.15. The van der Waals surface area contributed by atoms with Crippen molar-refractivity contribution in [3.05, 3.63) is 42.0 Å². The Balaban J connectivity index is 2.38. The van der Waals surface area contributed by atoms with E-state index < -0.39 is 6.04 Å². The standard InChI is InChI=1S/C15H20N2O3/c1-12(15(20)16-10-5-11-18)17-14(19)9-8-13-6-3-2-4-7-13/h2-4,6-9,12,18H,5,10-11H2,1H3,(H,16,20)(H,17,19)/b9-8+. The lowest BCUT2D eigenvalue weighted by atomic mass is 10.2. The number of carbonyl (C=O) groups is 2. The number of hydrogen-bond acceptors (Lipinski definition) is 3. The molecule has 108 valence electrons. The highest BCUT2D eigenvalue weighted by molar-refractivity contribution is 5.95. The molecule has 0 saturated heterocycles. The summed E-state index contributed by atoms with van der Waals surface area (Å²) in [5.74, 6) is -0.585. The average Bonchev–Trinajstić information content (AvgIpc) is 2.46. The summed E-state index contributed by atoms with van der Waals surface area (Å²) in [4.78, 5) is 23.2. The summed E-state index contributed by atoms with van der Waals surface area (Å²) in [7, 11) is 0. The second-order valence-corrected chi connectivity index (χ2v) is 4.34. The Morgan fingerprint density at radius 2 is 2.00 bits per heavy atom. The number of aliphatic hydroxyl groups excluding tert-OH is 1. The third-order valence-electron chi connectivity index (χ3n) is 2.61. The van der Waals surface area contributed by atoms with Gasteiger partial charge in [-0.1, -0.05) is 30.3 Å². The number of hydrogen-bond donors (Lipinski definition) is 3. The van der Waals surface area contributed by atoms with Crippen LogP contribution >= 0.6 is 0 Å². The summed E-state index contributed by atoms with van der Waals surface area (Å²) >= 11 is 0. The maximum atomic E-state index is 11.6. The van der Waals surface area contributed by atoms with Crippen LogP contribution in [0.25, 0.3) is 6.08 Å². The van der Waals surface area contributed by atoms with Crippen LogP contribution in [-0.4, -0.2) is 36.1 Å². The van der Waals surface area contributed by atoms with Crippen LogP contribution in [0, 0.1) is 0 Å². The zero-order chi connectivity index (χ0) is 14.8. The minimum atomic E-state index is -0.610. The molecule has 5 nitrogen and oxygen atoms in total. The van der Waals surface area contributed by atoms with E-state index in [4.69, 9.17) is 5.11 Å². The summed E-state index contributed by atoms with van der Waals surface area (Å²) in [5.41, 5.74) is 0.919. The number of carbonyl (C=O) groups excluding carboxylic acids is 2. The number of nitrogens with one attached hydrogen (secondary N) is 2. The Hall–Kier alpha value is -2.14. The maximum absolute atomic E-state index is 11.6. The fourth-order valence-corrected chi connectivity index (χ4v) is 1.51. The van der Waals surface area contributed by atoms with Crippen molar-refractivity contribution in [1.82, 2.24) is 10.6 Å². The first-order valence-corrected chi connectivity index (χ1v) is 6.55. The van der Waals surface area contributed by atoms with Gasteiger partial charge in [-0.2, -0.15) is 0 Å². The first-order valence-electron chi connectivity index (χ1n) is 6.55. The molecule has 5 heteroatoms. The van der Waals surface area contributed by atoms with E-state index in [1.807, 2.05) is 30.3 Å². The van der Waals surface area contributed by atoms with Gasteiger partial charge in [-0.05, 0) is 25.0 Å². The second kappa shape index (κ2) is 8.87. The van der Waals surface area contributed by atoms with Crippen LogP contribution in [0.2, 0.25) is 0 Å². The largest absolute Gasteiger partial charge is 0.396 e. The number of aliphatic hydroxyl groups is 1. The lowest BCUT2D eigenvalue weighted by Crippen LogP contribution is -2.44. The summed E-state index contributed by atoms with van der Waals surface area (Å²) in [6.07, 6.45) is 3.58. The van der Waals surface area contributed by atoms with Crippen molar-refractivity contribution < 1.29 is 14.7 Å². The van der Waals surface area contributed by atoms with Gasteiger partial charge in [0.1, 0.15) is 6.04 Å². The average molecular weight is 276 g/mol. The molecule has 0 heterocycles. The molecule has 1 aromatic rings. The van der Waals surface area contributed by atoms with E-state index in [1.165, 1.54) is 6.08 Å². The van der Waals surface area contributed by atoms with Gasteiger partial charge in [-0.25, -0.2) is 0 Å². The van der Waals surface area contributed by atoms with Gasteiger partial charge in [0.25, 0.3) is 0 Å². The molecular formula is C15H20N2O3. The minimum Gasteiger partial charge on any atom is -0.396 e. The first kappa shape index (κ1) is 15.9. The van der Waals surface area contributed by atoms with Gasteiger partial charge in [0, 0.05) is 19.2 Å². The first-order chi connectivity index (χ1) is 9.63. The molecule has 0 aromatic heterocycles. The van der Waals surface area contributed by atoms with Crippen LogP contribution in [0.15, 0.2) is 36.4 Å². The highest BCUT2D eigenvalue weighted by Crippen LogP contribution is 2.00. The fourth-order valence-electron chi connectivity index (χ4n) is 1.51. The second-order valence-electron chi connectivity index (χ2n) is 4.34. The Morgan fingerprint density at radius 1 is 1.30 bits per heavy atom. The Bertz CT molecular complexity index is 457. The highest BCUT2D eigenvalue weighted by Gasteiger charge is 2.13. The third-order valence-corrected chi connectivity index (χ3v) is 2.61. The summed E-state index contributed by atoms with van der Waals surface area (Å²) < 4.78 is 0. The molecule has 3 N–H and O–H groups in total. The van der Waals surface area contributed by atoms with Crippen LogP contribution in [0.4, 0.5) is 0 Å².